The van der Waals surface area contributed by atoms with Crippen LogP contribution in [-0.2, 0) is 0 Å². The Labute approximate surface area is 84.5 Å². The van der Waals surface area contributed by atoms with E-state index in [2.05, 4.69) is 6.92 Å². The Hall–Kier alpha value is -1.06. The molecule has 0 aromatic heterocycles. The van der Waals surface area contributed by atoms with Crippen LogP contribution >= 0.6 is 0 Å². The van der Waals surface area contributed by atoms with Crippen molar-refractivity contribution in [2.75, 3.05) is 13.2 Å². The molecule has 0 aliphatic carbocycles. The highest BCUT2D eigenvalue weighted by Crippen LogP contribution is 2.23. The lowest BCUT2D eigenvalue weighted by atomic mass is 10.1. The molecular weight excluding hydrogens is 178 g/mol. The maximum atomic E-state index is 8.96. The third-order valence-corrected chi connectivity index (χ3v) is 1.98. The molecule has 0 spiro atoms. The van der Waals surface area contributed by atoms with Crippen molar-refractivity contribution in [3.05, 3.63) is 29.8 Å². The molecule has 0 heterocycles. The molecule has 3 nitrogen and oxygen atoms in total. The minimum absolute atomic E-state index is 0.0630. The van der Waals surface area contributed by atoms with Crippen LogP contribution in [0.25, 0.3) is 0 Å². The summed E-state index contributed by atoms with van der Waals surface area (Å²) >= 11 is 0. The third kappa shape index (κ3) is 2.72. The van der Waals surface area contributed by atoms with Gasteiger partial charge in [-0.15, -0.1) is 0 Å². The summed E-state index contributed by atoms with van der Waals surface area (Å²) in [5.41, 5.74) is 6.60. The van der Waals surface area contributed by atoms with E-state index < -0.39 is 0 Å². The monoisotopic (exact) mass is 195 g/mol. The Bertz CT molecular complexity index is 276. The molecule has 0 amide bonds. The maximum Gasteiger partial charge on any atom is 0.124 e. The van der Waals surface area contributed by atoms with E-state index in [1.165, 1.54) is 0 Å². The summed E-state index contributed by atoms with van der Waals surface area (Å²) in [6, 6.07) is 7.19. The SMILES string of the molecule is CCCOc1ccccc1[C@@H](N)CO. The molecule has 0 aliphatic rings. The number of aliphatic hydroxyl groups is 1. The van der Waals surface area contributed by atoms with Gasteiger partial charge in [0, 0.05) is 5.56 Å². The zero-order chi connectivity index (χ0) is 10.4. The van der Waals surface area contributed by atoms with E-state index in [0.29, 0.717) is 6.61 Å². The first-order valence-corrected chi connectivity index (χ1v) is 4.87. The second kappa shape index (κ2) is 5.62. The van der Waals surface area contributed by atoms with Crippen molar-refractivity contribution in [2.45, 2.75) is 19.4 Å². The Kier molecular flexibility index (Phi) is 4.43. The summed E-state index contributed by atoms with van der Waals surface area (Å²) in [5, 5.41) is 8.96. The number of hydrogen-bond acceptors (Lipinski definition) is 3. The first-order valence-electron chi connectivity index (χ1n) is 4.87. The van der Waals surface area contributed by atoms with Crippen molar-refractivity contribution in [2.24, 2.45) is 5.73 Å². The van der Waals surface area contributed by atoms with Crippen LogP contribution < -0.4 is 10.5 Å². The molecule has 78 valence electrons. The normalized spacial score (nSPS) is 12.5. The van der Waals surface area contributed by atoms with Gasteiger partial charge < -0.3 is 15.6 Å². The molecule has 1 atom stereocenters. The number of aliphatic hydroxyl groups excluding tert-OH is 1. The van der Waals surface area contributed by atoms with Gasteiger partial charge >= 0.3 is 0 Å². The summed E-state index contributed by atoms with van der Waals surface area (Å²) in [7, 11) is 0. The summed E-state index contributed by atoms with van der Waals surface area (Å²) < 4.78 is 5.52. The lowest BCUT2D eigenvalue weighted by Gasteiger charge is -2.14. The van der Waals surface area contributed by atoms with Crippen LogP contribution in [-0.4, -0.2) is 18.3 Å². The molecular formula is C11H17NO2. The minimum Gasteiger partial charge on any atom is -0.493 e. The minimum atomic E-state index is -0.358. The Morgan fingerprint density at radius 2 is 2.14 bits per heavy atom. The summed E-state index contributed by atoms with van der Waals surface area (Å²) in [5.74, 6) is 0.774. The quantitative estimate of drug-likeness (QED) is 0.748. The second-order valence-corrected chi connectivity index (χ2v) is 3.18. The van der Waals surface area contributed by atoms with Gasteiger partial charge in [0.2, 0.25) is 0 Å². The fraction of sp³-hybridized carbons (Fsp3) is 0.455. The predicted octanol–water partition coefficient (Wildman–Crippen LogP) is 1.47. The van der Waals surface area contributed by atoms with Crippen LogP contribution in [0.3, 0.4) is 0 Å². The molecule has 0 bridgehead atoms. The molecule has 0 saturated carbocycles. The fourth-order valence-corrected chi connectivity index (χ4v) is 1.23. The van der Waals surface area contributed by atoms with Crippen LogP contribution in [0.5, 0.6) is 5.75 Å². The molecule has 0 fully saturated rings. The highest BCUT2D eigenvalue weighted by Gasteiger charge is 2.09. The summed E-state index contributed by atoms with van der Waals surface area (Å²) in [6.07, 6.45) is 0.961. The predicted molar refractivity (Wildman–Crippen MR) is 56.2 cm³/mol. The van der Waals surface area contributed by atoms with Crippen molar-refractivity contribution in [1.29, 1.82) is 0 Å². The van der Waals surface area contributed by atoms with Crippen molar-refractivity contribution >= 4 is 0 Å². The van der Waals surface area contributed by atoms with E-state index in [1.807, 2.05) is 24.3 Å². The van der Waals surface area contributed by atoms with E-state index >= 15 is 0 Å². The van der Waals surface area contributed by atoms with Crippen LogP contribution in [0.1, 0.15) is 24.9 Å². The van der Waals surface area contributed by atoms with E-state index in [-0.39, 0.29) is 12.6 Å². The van der Waals surface area contributed by atoms with Crippen LogP contribution in [0, 0.1) is 0 Å². The number of hydrogen-bond donors (Lipinski definition) is 2. The first kappa shape index (κ1) is 11.0. The molecule has 1 aromatic carbocycles. The number of benzene rings is 1. The van der Waals surface area contributed by atoms with Crippen molar-refractivity contribution in [1.82, 2.24) is 0 Å². The van der Waals surface area contributed by atoms with Crippen LogP contribution in [0.2, 0.25) is 0 Å². The van der Waals surface area contributed by atoms with Gasteiger partial charge in [-0.2, -0.15) is 0 Å². The van der Waals surface area contributed by atoms with Gasteiger partial charge in [0.15, 0.2) is 0 Å². The smallest absolute Gasteiger partial charge is 0.124 e. The van der Waals surface area contributed by atoms with Crippen molar-refractivity contribution < 1.29 is 9.84 Å². The molecule has 3 heteroatoms. The van der Waals surface area contributed by atoms with Crippen molar-refractivity contribution in [3.8, 4) is 5.75 Å². The standard InChI is InChI=1S/C11H17NO2/c1-2-7-14-11-6-4-3-5-9(11)10(12)8-13/h3-6,10,13H,2,7-8,12H2,1H3/t10-/m0/s1. The van der Waals surface area contributed by atoms with Gasteiger partial charge in [0.25, 0.3) is 0 Å². The van der Waals surface area contributed by atoms with Crippen LogP contribution in [0.4, 0.5) is 0 Å². The van der Waals surface area contributed by atoms with Gasteiger partial charge in [0.1, 0.15) is 5.75 Å². The Balaban J connectivity index is 2.79. The highest BCUT2D eigenvalue weighted by molar-refractivity contribution is 5.35. The molecule has 0 radical (unpaired) electrons. The van der Waals surface area contributed by atoms with E-state index in [0.717, 1.165) is 17.7 Å². The van der Waals surface area contributed by atoms with E-state index in [4.69, 9.17) is 15.6 Å². The van der Waals surface area contributed by atoms with Gasteiger partial charge in [0.05, 0.1) is 19.3 Å². The van der Waals surface area contributed by atoms with E-state index in [9.17, 15) is 0 Å². The van der Waals surface area contributed by atoms with Gasteiger partial charge in [-0.25, -0.2) is 0 Å². The molecule has 0 unspecified atom stereocenters. The average molecular weight is 195 g/mol. The Morgan fingerprint density at radius 1 is 1.43 bits per heavy atom. The summed E-state index contributed by atoms with van der Waals surface area (Å²) in [4.78, 5) is 0. The van der Waals surface area contributed by atoms with Gasteiger partial charge in [-0.3, -0.25) is 0 Å². The maximum absolute atomic E-state index is 8.96. The number of nitrogens with two attached hydrogens (primary N) is 1. The first-order chi connectivity index (χ1) is 6.79. The Morgan fingerprint density at radius 3 is 2.79 bits per heavy atom. The second-order valence-electron chi connectivity index (χ2n) is 3.18. The van der Waals surface area contributed by atoms with Crippen molar-refractivity contribution in [3.63, 3.8) is 0 Å². The highest BCUT2D eigenvalue weighted by atomic mass is 16.5. The number of rotatable bonds is 5. The molecule has 3 N–H and O–H groups in total. The topological polar surface area (TPSA) is 55.5 Å². The zero-order valence-corrected chi connectivity index (χ0v) is 8.44. The summed E-state index contributed by atoms with van der Waals surface area (Å²) in [6.45, 7) is 2.66. The number of para-hydroxylation sites is 1. The average Bonchev–Trinajstić information content (AvgIpc) is 2.25. The molecule has 1 rings (SSSR count). The number of ether oxygens (including phenoxy) is 1. The van der Waals surface area contributed by atoms with Gasteiger partial charge in [-0.1, -0.05) is 25.1 Å². The molecule has 1 aromatic rings. The molecule has 0 aliphatic heterocycles. The van der Waals surface area contributed by atoms with Crippen LogP contribution in [0.15, 0.2) is 24.3 Å². The zero-order valence-electron chi connectivity index (χ0n) is 8.44. The third-order valence-electron chi connectivity index (χ3n) is 1.98. The largest absolute Gasteiger partial charge is 0.493 e. The van der Waals surface area contributed by atoms with E-state index in [1.54, 1.807) is 0 Å². The lowest BCUT2D eigenvalue weighted by molar-refractivity contribution is 0.259. The molecule has 0 saturated heterocycles. The fourth-order valence-electron chi connectivity index (χ4n) is 1.23. The van der Waals surface area contributed by atoms with Gasteiger partial charge in [-0.05, 0) is 12.5 Å². The molecule has 14 heavy (non-hydrogen) atoms. The lowest BCUT2D eigenvalue weighted by Crippen LogP contribution is -2.15.